The summed E-state index contributed by atoms with van der Waals surface area (Å²) in [4.78, 5) is 7.05. The van der Waals surface area contributed by atoms with Gasteiger partial charge in [0.2, 0.25) is 0 Å². The molecule has 0 aliphatic carbocycles. The van der Waals surface area contributed by atoms with Crippen LogP contribution in [0.1, 0.15) is 54.9 Å². The first-order valence-electron chi connectivity index (χ1n) is 8.30. The first-order valence-corrected chi connectivity index (χ1v) is 8.30. The van der Waals surface area contributed by atoms with Crippen molar-refractivity contribution in [2.24, 2.45) is 16.3 Å². The molecule has 0 unspecified atom stereocenters. The van der Waals surface area contributed by atoms with Gasteiger partial charge in [-0.2, -0.15) is 0 Å². The normalized spacial score (nSPS) is 31.2. The quantitative estimate of drug-likeness (QED) is 0.851. The second-order valence-corrected chi connectivity index (χ2v) is 8.61. The third-order valence-corrected chi connectivity index (χ3v) is 4.86. The van der Waals surface area contributed by atoms with Gasteiger partial charge in [0.05, 0.1) is 6.54 Å². The maximum Gasteiger partial charge on any atom is 0.284 e. The van der Waals surface area contributed by atoms with Crippen molar-refractivity contribution in [1.29, 1.82) is 0 Å². The Balaban J connectivity index is 2.07. The average molecular weight is 295 g/mol. The lowest BCUT2D eigenvalue weighted by molar-refractivity contribution is 0.0278. The summed E-state index contributed by atoms with van der Waals surface area (Å²) in [6.07, 6.45) is 1.24. The van der Waals surface area contributed by atoms with Gasteiger partial charge < -0.3 is 10.1 Å². The SMILES string of the molecule is C[C@@H]1[C@@H](CNC2=NCCO2)C[C@@H](C(C)(C)C)N1C(C)(C)C. The van der Waals surface area contributed by atoms with Crippen molar-refractivity contribution < 1.29 is 4.74 Å². The van der Waals surface area contributed by atoms with E-state index in [2.05, 4.69) is 63.7 Å². The van der Waals surface area contributed by atoms with E-state index in [0.29, 0.717) is 23.4 Å². The molecule has 2 aliphatic rings. The molecular weight excluding hydrogens is 262 g/mol. The van der Waals surface area contributed by atoms with Crippen LogP contribution in [-0.2, 0) is 4.74 Å². The van der Waals surface area contributed by atoms with Gasteiger partial charge in [-0.3, -0.25) is 4.90 Å². The van der Waals surface area contributed by atoms with E-state index in [4.69, 9.17) is 4.74 Å². The fraction of sp³-hybridized carbons (Fsp3) is 0.941. The van der Waals surface area contributed by atoms with Crippen molar-refractivity contribution >= 4 is 6.02 Å². The van der Waals surface area contributed by atoms with Crippen LogP contribution in [0.3, 0.4) is 0 Å². The fourth-order valence-electron chi connectivity index (χ4n) is 3.87. The molecule has 1 N–H and O–H groups in total. The van der Waals surface area contributed by atoms with Crippen LogP contribution in [0.15, 0.2) is 4.99 Å². The zero-order chi connectivity index (χ0) is 15.8. The van der Waals surface area contributed by atoms with Gasteiger partial charge in [0, 0.05) is 24.2 Å². The summed E-state index contributed by atoms with van der Waals surface area (Å²) in [6.45, 7) is 18.9. The molecule has 3 atom stereocenters. The summed E-state index contributed by atoms with van der Waals surface area (Å²) in [6, 6.07) is 1.93. The lowest BCUT2D eigenvalue weighted by Gasteiger charge is -2.45. The number of nitrogens with zero attached hydrogens (tertiary/aromatic N) is 2. The van der Waals surface area contributed by atoms with Crippen LogP contribution >= 0.6 is 0 Å². The van der Waals surface area contributed by atoms with E-state index in [9.17, 15) is 0 Å². The summed E-state index contributed by atoms with van der Waals surface area (Å²) in [5.41, 5.74) is 0.505. The maximum absolute atomic E-state index is 5.46. The van der Waals surface area contributed by atoms with Gasteiger partial charge in [0.15, 0.2) is 0 Å². The molecule has 0 spiro atoms. The first-order chi connectivity index (χ1) is 9.60. The number of aliphatic imine (C=N–C) groups is 1. The number of amidine groups is 1. The molecule has 0 aromatic rings. The highest BCUT2D eigenvalue weighted by atomic mass is 16.5. The summed E-state index contributed by atoms with van der Waals surface area (Å²) >= 11 is 0. The molecule has 122 valence electrons. The van der Waals surface area contributed by atoms with E-state index in [0.717, 1.165) is 25.7 Å². The van der Waals surface area contributed by atoms with Crippen molar-refractivity contribution in [3.05, 3.63) is 0 Å². The molecule has 4 heteroatoms. The molecule has 2 aliphatic heterocycles. The molecule has 1 saturated heterocycles. The molecule has 0 bridgehead atoms. The summed E-state index contributed by atoms with van der Waals surface area (Å²) < 4.78 is 5.46. The molecule has 0 radical (unpaired) electrons. The number of ether oxygens (including phenoxy) is 1. The molecule has 1 fully saturated rings. The molecule has 2 heterocycles. The van der Waals surface area contributed by atoms with Crippen LogP contribution in [0.5, 0.6) is 0 Å². The lowest BCUT2D eigenvalue weighted by atomic mass is 9.82. The van der Waals surface area contributed by atoms with Crippen LogP contribution in [0.25, 0.3) is 0 Å². The third kappa shape index (κ3) is 3.71. The van der Waals surface area contributed by atoms with Crippen LogP contribution in [0, 0.1) is 11.3 Å². The Bertz CT molecular complexity index is 392. The molecule has 0 aromatic heterocycles. The van der Waals surface area contributed by atoms with Gasteiger partial charge in [-0.15, -0.1) is 0 Å². The summed E-state index contributed by atoms with van der Waals surface area (Å²) in [7, 11) is 0. The number of rotatable bonds is 2. The van der Waals surface area contributed by atoms with E-state index < -0.39 is 0 Å². The number of hydrogen-bond acceptors (Lipinski definition) is 4. The van der Waals surface area contributed by atoms with Crippen molar-refractivity contribution in [2.75, 3.05) is 19.7 Å². The molecule has 21 heavy (non-hydrogen) atoms. The molecular formula is C17H33N3O. The smallest absolute Gasteiger partial charge is 0.284 e. The first kappa shape index (κ1) is 16.6. The van der Waals surface area contributed by atoms with E-state index in [1.165, 1.54) is 6.42 Å². The predicted molar refractivity (Wildman–Crippen MR) is 88.7 cm³/mol. The minimum Gasteiger partial charge on any atom is -0.463 e. The van der Waals surface area contributed by atoms with Gasteiger partial charge in [0.1, 0.15) is 6.61 Å². The third-order valence-electron chi connectivity index (χ3n) is 4.86. The van der Waals surface area contributed by atoms with E-state index >= 15 is 0 Å². The minimum atomic E-state index is 0.202. The molecule has 2 rings (SSSR count). The topological polar surface area (TPSA) is 36.9 Å². The van der Waals surface area contributed by atoms with Crippen LogP contribution in [0.2, 0.25) is 0 Å². The molecule has 4 nitrogen and oxygen atoms in total. The summed E-state index contributed by atoms with van der Waals surface area (Å²) in [5.74, 6) is 0.639. The van der Waals surface area contributed by atoms with Crippen molar-refractivity contribution in [3.63, 3.8) is 0 Å². The molecule has 0 amide bonds. The number of likely N-dealkylation sites (tertiary alicyclic amines) is 1. The van der Waals surface area contributed by atoms with Crippen LogP contribution in [-0.4, -0.2) is 48.2 Å². The number of nitrogens with one attached hydrogen (secondary N) is 1. The Morgan fingerprint density at radius 2 is 1.90 bits per heavy atom. The van der Waals surface area contributed by atoms with Crippen molar-refractivity contribution in [2.45, 2.75) is 72.5 Å². The van der Waals surface area contributed by atoms with E-state index in [-0.39, 0.29) is 5.54 Å². The maximum atomic E-state index is 5.46. The Morgan fingerprint density at radius 3 is 2.33 bits per heavy atom. The van der Waals surface area contributed by atoms with E-state index in [1.54, 1.807) is 0 Å². The molecule has 0 saturated carbocycles. The van der Waals surface area contributed by atoms with Crippen LogP contribution in [0.4, 0.5) is 0 Å². The van der Waals surface area contributed by atoms with Gasteiger partial charge in [-0.25, -0.2) is 4.99 Å². The van der Waals surface area contributed by atoms with E-state index in [1.807, 2.05) is 0 Å². The second kappa shape index (κ2) is 5.79. The minimum absolute atomic E-state index is 0.202. The van der Waals surface area contributed by atoms with Gasteiger partial charge in [-0.1, -0.05) is 20.8 Å². The van der Waals surface area contributed by atoms with Crippen LogP contribution < -0.4 is 5.32 Å². The van der Waals surface area contributed by atoms with Crippen molar-refractivity contribution in [3.8, 4) is 0 Å². The van der Waals surface area contributed by atoms with Crippen molar-refractivity contribution in [1.82, 2.24) is 10.2 Å². The highest BCUT2D eigenvalue weighted by Crippen LogP contribution is 2.42. The second-order valence-electron chi connectivity index (χ2n) is 8.61. The average Bonchev–Trinajstić information content (AvgIpc) is 2.91. The Labute approximate surface area is 130 Å². The fourth-order valence-corrected chi connectivity index (χ4v) is 3.87. The Kier molecular flexibility index (Phi) is 4.57. The van der Waals surface area contributed by atoms with Gasteiger partial charge >= 0.3 is 0 Å². The zero-order valence-electron chi connectivity index (χ0n) is 14.9. The highest BCUT2D eigenvalue weighted by molar-refractivity contribution is 5.74. The largest absolute Gasteiger partial charge is 0.463 e. The van der Waals surface area contributed by atoms with Gasteiger partial charge in [-0.05, 0) is 45.4 Å². The zero-order valence-corrected chi connectivity index (χ0v) is 14.9. The highest BCUT2D eigenvalue weighted by Gasteiger charge is 2.47. The number of hydrogen-bond donors (Lipinski definition) is 1. The monoisotopic (exact) mass is 295 g/mol. The lowest BCUT2D eigenvalue weighted by Crippen LogP contribution is -2.53. The Hall–Kier alpha value is -0.770. The predicted octanol–water partition coefficient (Wildman–Crippen LogP) is 2.89. The summed E-state index contributed by atoms with van der Waals surface area (Å²) in [5, 5.41) is 3.40. The Morgan fingerprint density at radius 1 is 1.24 bits per heavy atom. The van der Waals surface area contributed by atoms with Gasteiger partial charge in [0.25, 0.3) is 6.02 Å². The molecule has 0 aromatic carbocycles. The standard InChI is InChI=1S/C17H33N3O/c1-12-13(11-19-15-18-8-9-21-15)10-14(16(2,3)4)20(12)17(5,6)7/h12-14H,8-11H2,1-7H3,(H,18,19)/t12-,13-,14+/m1/s1.